The first kappa shape index (κ1) is 22.0. The van der Waals surface area contributed by atoms with Gasteiger partial charge >= 0.3 is 0 Å². The summed E-state index contributed by atoms with van der Waals surface area (Å²) < 4.78 is 12.4. The van der Waals surface area contributed by atoms with Crippen molar-refractivity contribution in [3.05, 3.63) is 63.8 Å². The molecule has 6 heteroatoms. The van der Waals surface area contributed by atoms with Crippen molar-refractivity contribution in [3.8, 4) is 5.75 Å². The molecule has 0 saturated carbocycles. The molecule has 2 aliphatic rings. The maximum absolute atomic E-state index is 10.3. The Morgan fingerprint density at radius 3 is 2.75 bits per heavy atom. The summed E-state index contributed by atoms with van der Waals surface area (Å²) in [6.07, 6.45) is 4.24. The van der Waals surface area contributed by atoms with Crippen LogP contribution in [0.25, 0.3) is 10.9 Å². The van der Waals surface area contributed by atoms with Gasteiger partial charge in [0.05, 0.1) is 13.2 Å². The summed E-state index contributed by atoms with van der Waals surface area (Å²) in [6.45, 7) is 4.17. The van der Waals surface area contributed by atoms with E-state index >= 15 is 0 Å². The molecule has 0 spiro atoms. The predicted molar refractivity (Wildman–Crippen MR) is 131 cm³/mol. The van der Waals surface area contributed by atoms with E-state index in [-0.39, 0.29) is 0 Å². The van der Waals surface area contributed by atoms with E-state index in [4.69, 9.17) is 9.47 Å². The van der Waals surface area contributed by atoms with Gasteiger partial charge in [0.1, 0.15) is 18.5 Å². The molecule has 1 fully saturated rings. The fourth-order valence-corrected chi connectivity index (χ4v) is 5.42. The van der Waals surface area contributed by atoms with Gasteiger partial charge in [0, 0.05) is 46.6 Å². The zero-order chi connectivity index (χ0) is 21.9. The van der Waals surface area contributed by atoms with Crippen molar-refractivity contribution >= 4 is 26.8 Å². The van der Waals surface area contributed by atoms with E-state index < -0.39 is 6.10 Å². The molecule has 1 aliphatic carbocycles. The minimum atomic E-state index is -0.497. The van der Waals surface area contributed by atoms with Gasteiger partial charge in [-0.05, 0) is 60.7 Å². The van der Waals surface area contributed by atoms with Gasteiger partial charge in [-0.3, -0.25) is 4.90 Å². The number of aliphatic hydroxyl groups excluding tert-OH is 1. The maximum atomic E-state index is 10.3. The smallest absolute Gasteiger partial charge is 0.119 e. The summed E-state index contributed by atoms with van der Waals surface area (Å²) >= 11 is 3.63. The average molecular weight is 499 g/mol. The lowest BCUT2D eigenvalue weighted by molar-refractivity contribution is 0.00465. The van der Waals surface area contributed by atoms with E-state index in [1.807, 2.05) is 12.1 Å². The molecule has 3 aromatic rings. The van der Waals surface area contributed by atoms with Crippen molar-refractivity contribution in [3.63, 3.8) is 0 Å². The van der Waals surface area contributed by atoms with Gasteiger partial charge in [-0.2, -0.15) is 0 Å². The summed E-state index contributed by atoms with van der Waals surface area (Å²) in [5.41, 5.74) is 5.37. The first-order valence-electron chi connectivity index (χ1n) is 11.7. The van der Waals surface area contributed by atoms with Crippen molar-refractivity contribution in [1.82, 2.24) is 9.88 Å². The Bertz CT molecular complexity index is 1040. The molecule has 1 aliphatic heterocycles. The number of aryl methyl sites for hydroxylation is 1. The number of hydrogen-bond donors (Lipinski definition) is 2. The quantitative estimate of drug-likeness (QED) is 0.476. The fraction of sp³-hybridized carbons (Fsp3) is 0.462. The lowest BCUT2D eigenvalue weighted by atomic mass is 9.91. The van der Waals surface area contributed by atoms with E-state index in [9.17, 15) is 5.11 Å². The van der Waals surface area contributed by atoms with Gasteiger partial charge in [-0.1, -0.05) is 34.5 Å². The number of morpholine rings is 1. The highest BCUT2D eigenvalue weighted by Gasteiger charge is 2.24. The molecule has 170 valence electrons. The molecule has 5 rings (SSSR count). The van der Waals surface area contributed by atoms with Gasteiger partial charge in [0.15, 0.2) is 0 Å². The van der Waals surface area contributed by atoms with Crippen LogP contribution in [0.3, 0.4) is 0 Å². The molecule has 1 saturated heterocycles. The second kappa shape index (κ2) is 9.96. The Morgan fingerprint density at radius 2 is 1.94 bits per heavy atom. The topological polar surface area (TPSA) is 57.7 Å². The molecule has 1 aromatic heterocycles. The largest absolute Gasteiger partial charge is 0.491 e. The lowest BCUT2D eigenvalue weighted by Gasteiger charge is -2.28. The normalized spacial score (nSPS) is 20.6. The Hall–Kier alpha value is -1.86. The van der Waals surface area contributed by atoms with Gasteiger partial charge in [-0.15, -0.1) is 0 Å². The highest BCUT2D eigenvalue weighted by Crippen LogP contribution is 2.39. The third kappa shape index (κ3) is 4.88. The monoisotopic (exact) mass is 498 g/mol. The zero-order valence-corrected chi connectivity index (χ0v) is 19.9. The van der Waals surface area contributed by atoms with Crippen molar-refractivity contribution < 1.29 is 14.6 Å². The number of aliphatic hydroxyl groups is 1. The highest BCUT2D eigenvalue weighted by molar-refractivity contribution is 9.10. The Balaban J connectivity index is 1.27. The molecule has 5 nitrogen and oxygen atoms in total. The highest BCUT2D eigenvalue weighted by atomic mass is 79.9. The molecule has 32 heavy (non-hydrogen) atoms. The Kier molecular flexibility index (Phi) is 6.83. The number of aromatic amines is 1. The van der Waals surface area contributed by atoms with Crippen LogP contribution in [0, 0.1) is 0 Å². The number of nitrogens with zero attached hydrogens (tertiary/aromatic N) is 1. The van der Waals surface area contributed by atoms with Crippen LogP contribution in [-0.4, -0.2) is 60.5 Å². The van der Waals surface area contributed by atoms with Crippen LogP contribution in [0.15, 0.2) is 46.9 Å². The summed E-state index contributed by atoms with van der Waals surface area (Å²) in [6, 6.07) is 15.0. The summed E-state index contributed by atoms with van der Waals surface area (Å²) in [7, 11) is 0. The number of benzene rings is 2. The average Bonchev–Trinajstić information content (AvgIpc) is 3.02. The van der Waals surface area contributed by atoms with Crippen LogP contribution in [0.4, 0.5) is 0 Å². The van der Waals surface area contributed by atoms with Crippen LogP contribution >= 0.6 is 15.9 Å². The van der Waals surface area contributed by atoms with Crippen molar-refractivity contribution in [2.75, 3.05) is 39.5 Å². The van der Waals surface area contributed by atoms with Crippen molar-refractivity contribution in [1.29, 1.82) is 0 Å². The van der Waals surface area contributed by atoms with E-state index in [2.05, 4.69) is 56.1 Å². The van der Waals surface area contributed by atoms with E-state index in [1.54, 1.807) is 0 Å². The third-order valence-corrected chi connectivity index (χ3v) is 7.21. The Morgan fingerprint density at radius 1 is 1.12 bits per heavy atom. The predicted octanol–water partition coefficient (Wildman–Crippen LogP) is 4.86. The molecular formula is C26H31BrN2O3. The standard InChI is InChI=1S/C26H31BrN2O3/c27-19-7-10-25-24(15-19)23-4-2-1-3-22(26(23)28-25)18-5-8-21(9-6-18)32-17-20(30)16-29-11-13-31-14-12-29/h5-10,15,20,22,28,30H,1-4,11-14,16-17H2. The van der Waals surface area contributed by atoms with Gasteiger partial charge in [0.25, 0.3) is 0 Å². The number of aromatic nitrogens is 1. The lowest BCUT2D eigenvalue weighted by Crippen LogP contribution is -2.42. The van der Waals surface area contributed by atoms with Crippen LogP contribution in [-0.2, 0) is 11.2 Å². The second-order valence-corrected chi connectivity index (χ2v) is 9.87. The minimum absolute atomic E-state index is 0.307. The molecule has 0 amide bonds. The van der Waals surface area contributed by atoms with E-state index in [0.717, 1.165) is 49.4 Å². The fourth-order valence-electron chi connectivity index (χ4n) is 5.06. The summed E-state index contributed by atoms with van der Waals surface area (Å²) in [5, 5.41) is 11.7. The maximum Gasteiger partial charge on any atom is 0.119 e. The molecule has 2 unspecified atom stereocenters. The molecule has 0 radical (unpaired) electrons. The molecule has 0 bridgehead atoms. The van der Waals surface area contributed by atoms with Gasteiger partial charge < -0.3 is 19.6 Å². The van der Waals surface area contributed by atoms with Gasteiger partial charge in [0.2, 0.25) is 0 Å². The number of nitrogens with one attached hydrogen (secondary N) is 1. The van der Waals surface area contributed by atoms with Gasteiger partial charge in [-0.25, -0.2) is 0 Å². The molecule has 2 N–H and O–H groups in total. The number of β-amino-alcohol motifs (C(OH)–C–C–N with tert-alkyl or cyclic N) is 1. The summed E-state index contributed by atoms with van der Waals surface area (Å²) in [4.78, 5) is 5.95. The Labute approximate surface area is 197 Å². The molecule has 2 aromatic carbocycles. The number of halogens is 1. The number of H-pyrrole nitrogens is 1. The van der Waals surface area contributed by atoms with E-state index in [0.29, 0.717) is 19.1 Å². The molecule has 2 atom stereocenters. The number of rotatable bonds is 6. The molecular weight excluding hydrogens is 468 g/mol. The van der Waals surface area contributed by atoms with Crippen LogP contribution < -0.4 is 4.74 Å². The van der Waals surface area contributed by atoms with E-state index in [1.165, 1.54) is 40.6 Å². The summed E-state index contributed by atoms with van der Waals surface area (Å²) in [5.74, 6) is 1.18. The van der Waals surface area contributed by atoms with Crippen molar-refractivity contribution in [2.45, 2.75) is 37.7 Å². The first-order chi connectivity index (χ1) is 15.7. The first-order valence-corrected chi connectivity index (χ1v) is 12.5. The van der Waals surface area contributed by atoms with Crippen LogP contribution in [0.2, 0.25) is 0 Å². The number of hydrogen-bond acceptors (Lipinski definition) is 4. The SMILES string of the molecule is OC(COc1ccc(C2CCCCc3c2[nH]c2ccc(Br)cc32)cc1)CN1CCOCC1. The van der Waals surface area contributed by atoms with Crippen LogP contribution in [0.5, 0.6) is 5.75 Å². The number of ether oxygens (including phenoxy) is 2. The van der Waals surface area contributed by atoms with Crippen LogP contribution in [0.1, 0.15) is 42.0 Å². The molecule has 2 heterocycles. The second-order valence-electron chi connectivity index (χ2n) is 8.95. The van der Waals surface area contributed by atoms with Crippen molar-refractivity contribution in [2.24, 2.45) is 0 Å². The zero-order valence-electron chi connectivity index (χ0n) is 18.4. The number of fused-ring (bicyclic) bond motifs is 3. The third-order valence-electron chi connectivity index (χ3n) is 6.72. The minimum Gasteiger partial charge on any atom is -0.491 e.